The van der Waals surface area contributed by atoms with E-state index < -0.39 is 0 Å². The normalized spacial score (nSPS) is 10.3. The van der Waals surface area contributed by atoms with Crippen molar-refractivity contribution < 1.29 is 0 Å². The summed E-state index contributed by atoms with van der Waals surface area (Å²) in [4.78, 5) is 8.40. The molecule has 1 aromatic carbocycles. The van der Waals surface area contributed by atoms with Gasteiger partial charge in [0, 0.05) is 22.8 Å². The molecule has 5 heteroatoms. The third kappa shape index (κ3) is 3.92. The van der Waals surface area contributed by atoms with Crippen LogP contribution in [0.2, 0.25) is 0 Å². The maximum atomic E-state index is 4.22. The molecule has 2 N–H and O–H groups in total. The molecule has 0 unspecified atom stereocenters. The Kier molecular flexibility index (Phi) is 4.74. The van der Waals surface area contributed by atoms with Crippen molar-refractivity contribution in [1.82, 2.24) is 9.97 Å². The van der Waals surface area contributed by atoms with Gasteiger partial charge in [-0.05, 0) is 31.0 Å². The van der Waals surface area contributed by atoms with Crippen LogP contribution in [0.4, 0.5) is 17.3 Å². The van der Waals surface area contributed by atoms with Crippen molar-refractivity contribution in [3.8, 4) is 0 Å². The quantitative estimate of drug-likeness (QED) is 0.870. The third-order valence-corrected chi connectivity index (χ3v) is 3.52. The van der Waals surface area contributed by atoms with E-state index in [1.807, 2.05) is 18.2 Å². The summed E-state index contributed by atoms with van der Waals surface area (Å²) in [6, 6.07) is 8.03. The van der Waals surface area contributed by atoms with Gasteiger partial charge >= 0.3 is 0 Å². The smallest absolute Gasteiger partial charge is 0.135 e. The largest absolute Gasteiger partial charge is 0.370 e. The van der Waals surface area contributed by atoms with E-state index in [0.717, 1.165) is 34.8 Å². The lowest BCUT2D eigenvalue weighted by atomic mass is 10.2. The number of rotatable bonds is 5. The van der Waals surface area contributed by atoms with Gasteiger partial charge in [-0.2, -0.15) is 0 Å². The highest BCUT2D eigenvalue weighted by Crippen LogP contribution is 2.23. The van der Waals surface area contributed by atoms with Gasteiger partial charge < -0.3 is 10.6 Å². The van der Waals surface area contributed by atoms with E-state index in [1.54, 1.807) is 6.33 Å². The minimum Gasteiger partial charge on any atom is -0.370 e. The van der Waals surface area contributed by atoms with Crippen LogP contribution >= 0.6 is 15.9 Å². The molecule has 0 aliphatic heterocycles. The topological polar surface area (TPSA) is 49.8 Å². The Hall–Kier alpha value is -1.62. The predicted octanol–water partition coefficient (Wildman–Crippen LogP) is 4.11. The van der Waals surface area contributed by atoms with E-state index in [1.165, 1.54) is 5.56 Å². The maximum absolute atomic E-state index is 4.22. The van der Waals surface area contributed by atoms with E-state index in [4.69, 9.17) is 0 Å². The monoisotopic (exact) mass is 320 g/mol. The first-order chi connectivity index (χ1) is 9.19. The van der Waals surface area contributed by atoms with Crippen molar-refractivity contribution in [2.75, 3.05) is 17.2 Å². The van der Waals surface area contributed by atoms with Crippen molar-refractivity contribution >= 4 is 33.3 Å². The molecule has 0 aliphatic carbocycles. The molecule has 0 amide bonds. The summed E-state index contributed by atoms with van der Waals surface area (Å²) in [5, 5.41) is 6.51. The Balaban J connectivity index is 2.11. The molecule has 0 spiro atoms. The summed E-state index contributed by atoms with van der Waals surface area (Å²) in [6.07, 6.45) is 2.63. The third-order valence-electron chi connectivity index (χ3n) is 2.67. The fraction of sp³-hybridized carbons (Fsp3) is 0.286. The Bertz CT molecular complexity index is 557. The highest BCUT2D eigenvalue weighted by molar-refractivity contribution is 9.10. The standard InChI is InChI=1S/C14H17BrN4/c1-3-6-16-13-8-14(18-9-17-13)19-11-5-4-10(2)12(15)7-11/h4-5,7-9H,3,6H2,1-2H3,(H2,16,17,18,19). The van der Waals surface area contributed by atoms with Crippen molar-refractivity contribution in [2.24, 2.45) is 0 Å². The van der Waals surface area contributed by atoms with E-state index in [0.29, 0.717) is 0 Å². The van der Waals surface area contributed by atoms with Crippen LogP contribution in [0.5, 0.6) is 0 Å². The SMILES string of the molecule is CCCNc1cc(Nc2ccc(C)c(Br)c2)ncn1. The second-order valence-electron chi connectivity index (χ2n) is 4.30. The number of aromatic nitrogens is 2. The number of benzene rings is 1. The van der Waals surface area contributed by atoms with E-state index in [9.17, 15) is 0 Å². The zero-order chi connectivity index (χ0) is 13.7. The summed E-state index contributed by atoms with van der Waals surface area (Å²) in [5.41, 5.74) is 2.20. The summed E-state index contributed by atoms with van der Waals surface area (Å²) >= 11 is 3.52. The molecule has 1 heterocycles. The Morgan fingerprint density at radius 2 is 1.95 bits per heavy atom. The number of anilines is 3. The van der Waals surface area contributed by atoms with Crippen LogP contribution in [-0.2, 0) is 0 Å². The number of nitrogens with zero attached hydrogens (tertiary/aromatic N) is 2. The van der Waals surface area contributed by atoms with E-state index >= 15 is 0 Å². The van der Waals surface area contributed by atoms with Gasteiger partial charge in [0.05, 0.1) is 0 Å². The van der Waals surface area contributed by atoms with Gasteiger partial charge in [-0.3, -0.25) is 0 Å². The van der Waals surface area contributed by atoms with Gasteiger partial charge in [0.15, 0.2) is 0 Å². The first kappa shape index (κ1) is 13.8. The molecule has 2 rings (SSSR count). The van der Waals surface area contributed by atoms with Crippen LogP contribution in [-0.4, -0.2) is 16.5 Å². The maximum Gasteiger partial charge on any atom is 0.135 e. The lowest BCUT2D eigenvalue weighted by Gasteiger charge is -2.09. The Morgan fingerprint density at radius 1 is 1.16 bits per heavy atom. The molecule has 0 saturated carbocycles. The van der Waals surface area contributed by atoms with Crippen LogP contribution in [0, 0.1) is 6.92 Å². The van der Waals surface area contributed by atoms with Crippen LogP contribution < -0.4 is 10.6 Å². The van der Waals surface area contributed by atoms with Gasteiger partial charge in [-0.1, -0.05) is 28.9 Å². The number of aryl methyl sites for hydroxylation is 1. The summed E-state index contributed by atoms with van der Waals surface area (Å²) in [5.74, 6) is 1.62. The number of hydrogen-bond donors (Lipinski definition) is 2. The first-order valence-electron chi connectivity index (χ1n) is 6.28. The second kappa shape index (κ2) is 6.52. The Morgan fingerprint density at radius 3 is 2.68 bits per heavy atom. The first-order valence-corrected chi connectivity index (χ1v) is 7.07. The summed E-state index contributed by atoms with van der Waals surface area (Å²) in [6.45, 7) is 5.09. The highest BCUT2D eigenvalue weighted by atomic mass is 79.9. The van der Waals surface area contributed by atoms with Crippen LogP contribution in [0.15, 0.2) is 35.1 Å². The van der Waals surface area contributed by atoms with E-state index in [2.05, 4.69) is 56.4 Å². The van der Waals surface area contributed by atoms with Crippen molar-refractivity contribution in [3.63, 3.8) is 0 Å². The molecule has 0 radical (unpaired) electrons. The zero-order valence-electron chi connectivity index (χ0n) is 11.1. The minimum atomic E-state index is 0.782. The molecule has 0 atom stereocenters. The summed E-state index contributed by atoms with van der Waals surface area (Å²) in [7, 11) is 0. The zero-order valence-corrected chi connectivity index (χ0v) is 12.7. The number of halogens is 1. The van der Waals surface area contributed by atoms with Crippen LogP contribution in [0.1, 0.15) is 18.9 Å². The van der Waals surface area contributed by atoms with Crippen LogP contribution in [0.3, 0.4) is 0 Å². The minimum absolute atomic E-state index is 0.782. The predicted molar refractivity (Wildman–Crippen MR) is 83.0 cm³/mol. The average molecular weight is 321 g/mol. The fourth-order valence-corrected chi connectivity index (χ4v) is 1.97. The van der Waals surface area contributed by atoms with Gasteiger partial charge in [-0.25, -0.2) is 9.97 Å². The molecule has 0 aliphatic rings. The second-order valence-corrected chi connectivity index (χ2v) is 5.16. The lowest BCUT2D eigenvalue weighted by Crippen LogP contribution is -2.03. The highest BCUT2D eigenvalue weighted by Gasteiger charge is 2.01. The van der Waals surface area contributed by atoms with Gasteiger partial charge in [-0.15, -0.1) is 0 Å². The molecule has 1 aromatic heterocycles. The molecule has 0 saturated heterocycles. The molecule has 4 nitrogen and oxygen atoms in total. The number of hydrogen-bond acceptors (Lipinski definition) is 4. The molecular formula is C14H17BrN4. The van der Waals surface area contributed by atoms with Gasteiger partial charge in [0.25, 0.3) is 0 Å². The molecular weight excluding hydrogens is 304 g/mol. The van der Waals surface area contributed by atoms with Crippen LogP contribution in [0.25, 0.3) is 0 Å². The lowest BCUT2D eigenvalue weighted by molar-refractivity contribution is 0.965. The van der Waals surface area contributed by atoms with Crippen molar-refractivity contribution in [2.45, 2.75) is 20.3 Å². The molecule has 19 heavy (non-hydrogen) atoms. The average Bonchev–Trinajstić information content (AvgIpc) is 2.41. The summed E-state index contributed by atoms with van der Waals surface area (Å²) < 4.78 is 1.08. The molecule has 100 valence electrons. The fourth-order valence-electron chi connectivity index (χ4n) is 1.59. The van der Waals surface area contributed by atoms with Gasteiger partial charge in [0.2, 0.25) is 0 Å². The molecule has 2 aromatic rings. The molecule has 0 bridgehead atoms. The van der Waals surface area contributed by atoms with Gasteiger partial charge in [0.1, 0.15) is 18.0 Å². The Labute approximate surface area is 121 Å². The van der Waals surface area contributed by atoms with E-state index in [-0.39, 0.29) is 0 Å². The molecule has 0 fully saturated rings. The number of nitrogens with one attached hydrogen (secondary N) is 2. The van der Waals surface area contributed by atoms with Crippen molar-refractivity contribution in [3.05, 3.63) is 40.6 Å². The van der Waals surface area contributed by atoms with Crippen molar-refractivity contribution in [1.29, 1.82) is 0 Å².